The van der Waals surface area contributed by atoms with Crippen LogP contribution >= 0.6 is 11.6 Å². The van der Waals surface area contributed by atoms with Gasteiger partial charge in [-0.2, -0.15) is 13.2 Å². The second kappa shape index (κ2) is 8.02. The minimum atomic E-state index is -4.78. The van der Waals surface area contributed by atoms with Gasteiger partial charge in [-0.25, -0.2) is 0 Å². The Balaban J connectivity index is 2.39. The molecule has 3 aromatic rings. The summed E-state index contributed by atoms with van der Waals surface area (Å²) in [6.45, 7) is 1.48. The summed E-state index contributed by atoms with van der Waals surface area (Å²) >= 11 is 5.86. The molecule has 0 amide bonds. The van der Waals surface area contributed by atoms with Crippen LogP contribution in [0.5, 0.6) is 5.75 Å². The van der Waals surface area contributed by atoms with Crippen molar-refractivity contribution in [3.63, 3.8) is 0 Å². The molecular weight excluding hydrogens is 423 g/mol. The van der Waals surface area contributed by atoms with Crippen molar-refractivity contribution >= 4 is 34.4 Å². The average molecular weight is 440 g/mol. The molecular formula is C21H17ClF3NO4. The molecule has 2 aromatic carbocycles. The minimum absolute atomic E-state index is 0.0134. The molecule has 0 spiro atoms. The summed E-state index contributed by atoms with van der Waals surface area (Å²) in [5.41, 5.74) is -0.556. The maximum absolute atomic E-state index is 14.0. The van der Waals surface area contributed by atoms with Gasteiger partial charge >= 0.3 is 12.1 Å². The van der Waals surface area contributed by atoms with Gasteiger partial charge in [0.1, 0.15) is 11.3 Å². The molecule has 0 atom stereocenters. The van der Waals surface area contributed by atoms with Gasteiger partial charge in [-0.05, 0) is 48.9 Å². The van der Waals surface area contributed by atoms with Crippen LogP contribution in [-0.4, -0.2) is 30.7 Å². The van der Waals surface area contributed by atoms with Crippen LogP contribution in [0.2, 0.25) is 5.02 Å². The third-order valence-electron chi connectivity index (χ3n) is 4.81. The third-order valence-corrected chi connectivity index (χ3v) is 5.06. The van der Waals surface area contributed by atoms with Gasteiger partial charge in [0.25, 0.3) is 5.91 Å². The van der Waals surface area contributed by atoms with E-state index in [1.807, 2.05) is 0 Å². The first-order chi connectivity index (χ1) is 14.1. The van der Waals surface area contributed by atoms with Crippen LogP contribution in [0.25, 0.3) is 10.9 Å². The lowest BCUT2D eigenvalue weighted by atomic mass is 10.0. The molecule has 30 heavy (non-hydrogen) atoms. The quantitative estimate of drug-likeness (QED) is 0.535. The molecule has 0 aliphatic carbocycles. The predicted octanol–water partition coefficient (Wildman–Crippen LogP) is 5.03. The van der Waals surface area contributed by atoms with Crippen molar-refractivity contribution in [2.24, 2.45) is 0 Å². The van der Waals surface area contributed by atoms with Crippen LogP contribution in [0.15, 0.2) is 36.4 Å². The van der Waals surface area contributed by atoms with Crippen LogP contribution in [-0.2, 0) is 22.1 Å². The van der Waals surface area contributed by atoms with Crippen molar-refractivity contribution in [3.8, 4) is 5.75 Å². The molecule has 0 saturated heterocycles. The Hall–Kier alpha value is -3.00. The first kappa shape index (κ1) is 21.7. The zero-order valence-corrected chi connectivity index (χ0v) is 17.0. The monoisotopic (exact) mass is 439 g/mol. The topological polar surface area (TPSA) is 57.5 Å². The van der Waals surface area contributed by atoms with Gasteiger partial charge in [0.2, 0.25) is 0 Å². The van der Waals surface area contributed by atoms with E-state index >= 15 is 0 Å². The number of halogens is 4. The number of esters is 1. The Morgan fingerprint density at radius 3 is 2.23 bits per heavy atom. The fraction of sp³-hybridized carbons (Fsp3) is 0.238. The van der Waals surface area contributed by atoms with Gasteiger partial charge in [0.05, 0.1) is 26.2 Å². The highest BCUT2D eigenvalue weighted by Crippen LogP contribution is 2.44. The van der Waals surface area contributed by atoms with E-state index in [2.05, 4.69) is 4.74 Å². The molecule has 0 saturated carbocycles. The molecule has 0 fully saturated rings. The highest BCUT2D eigenvalue weighted by molar-refractivity contribution is 6.30. The van der Waals surface area contributed by atoms with Crippen LogP contribution in [0, 0.1) is 6.92 Å². The molecule has 0 bridgehead atoms. The average Bonchev–Trinajstić information content (AvgIpc) is 2.97. The minimum Gasteiger partial charge on any atom is -0.496 e. The number of hydrogen-bond acceptors (Lipinski definition) is 4. The summed E-state index contributed by atoms with van der Waals surface area (Å²) in [6.07, 6.45) is -5.21. The molecule has 0 radical (unpaired) electrons. The van der Waals surface area contributed by atoms with Gasteiger partial charge in [-0.3, -0.25) is 14.2 Å². The number of aromatic nitrogens is 1. The number of ether oxygens (including phenoxy) is 2. The Morgan fingerprint density at radius 2 is 1.70 bits per heavy atom. The van der Waals surface area contributed by atoms with Gasteiger partial charge < -0.3 is 9.47 Å². The lowest BCUT2D eigenvalue weighted by Crippen LogP contribution is -2.14. The smallest absolute Gasteiger partial charge is 0.420 e. The zero-order chi connectivity index (χ0) is 22.2. The standard InChI is InChI=1S/C21H17ClF3NO4/c1-11-14(10-17(27)30-3)18-15(8-9-16(29-2)19(18)21(23,24)25)26(11)20(28)12-4-6-13(22)7-5-12/h4-9H,10H2,1-3H3. The summed E-state index contributed by atoms with van der Waals surface area (Å²) in [5.74, 6) is -1.69. The van der Waals surface area contributed by atoms with Crippen molar-refractivity contribution in [2.45, 2.75) is 19.5 Å². The number of alkyl halides is 3. The molecule has 0 unspecified atom stereocenters. The van der Waals surface area contributed by atoms with Gasteiger partial charge in [-0.1, -0.05) is 11.6 Å². The molecule has 3 rings (SSSR count). The summed E-state index contributed by atoms with van der Waals surface area (Å²) in [7, 11) is 2.26. The second-order valence-electron chi connectivity index (χ2n) is 6.50. The number of rotatable bonds is 4. The highest BCUT2D eigenvalue weighted by atomic mass is 35.5. The summed E-state index contributed by atoms with van der Waals surface area (Å²) < 4.78 is 52.6. The predicted molar refractivity (Wildman–Crippen MR) is 105 cm³/mol. The van der Waals surface area contributed by atoms with Crippen molar-refractivity contribution in [3.05, 3.63) is 63.8 Å². The van der Waals surface area contributed by atoms with E-state index in [0.717, 1.165) is 24.9 Å². The van der Waals surface area contributed by atoms with E-state index in [0.29, 0.717) is 5.02 Å². The molecule has 0 aliphatic rings. The van der Waals surface area contributed by atoms with E-state index in [1.165, 1.54) is 37.3 Å². The number of carbonyl (C=O) groups is 2. The Morgan fingerprint density at radius 1 is 1.07 bits per heavy atom. The maximum Gasteiger partial charge on any atom is 0.420 e. The lowest BCUT2D eigenvalue weighted by molar-refractivity contribution is -0.140. The first-order valence-electron chi connectivity index (χ1n) is 8.75. The van der Waals surface area contributed by atoms with Crippen molar-refractivity contribution in [1.29, 1.82) is 0 Å². The van der Waals surface area contributed by atoms with Gasteiger partial charge in [-0.15, -0.1) is 0 Å². The maximum atomic E-state index is 14.0. The van der Waals surface area contributed by atoms with E-state index < -0.39 is 35.8 Å². The Bertz CT molecular complexity index is 1130. The van der Waals surface area contributed by atoms with E-state index in [9.17, 15) is 22.8 Å². The Kier molecular flexibility index (Phi) is 5.81. The van der Waals surface area contributed by atoms with Crippen LogP contribution < -0.4 is 4.74 Å². The zero-order valence-electron chi connectivity index (χ0n) is 16.3. The largest absolute Gasteiger partial charge is 0.496 e. The fourth-order valence-corrected chi connectivity index (χ4v) is 3.55. The molecule has 9 heteroatoms. The number of hydrogen-bond donors (Lipinski definition) is 0. The van der Waals surface area contributed by atoms with Crippen LogP contribution in [0.4, 0.5) is 13.2 Å². The highest BCUT2D eigenvalue weighted by Gasteiger charge is 2.39. The van der Waals surface area contributed by atoms with E-state index in [1.54, 1.807) is 0 Å². The van der Waals surface area contributed by atoms with Crippen LogP contribution in [0.1, 0.15) is 27.2 Å². The number of nitrogens with zero attached hydrogens (tertiary/aromatic N) is 1. The van der Waals surface area contributed by atoms with E-state index in [4.69, 9.17) is 16.3 Å². The SMILES string of the molecule is COC(=O)Cc1c(C)n(C(=O)c2ccc(Cl)cc2)c2ccc(OC)c(C(F)(F)F)c12. The number of carbonyl (C=O) groups excluding carboxylic acids is 2. The van der Waals surface area contributed by atoms with Crippen molar-refractivity contribution in [1.82, 2.24) is 4.57 Å². The summed E-state index contributed by atoms with van der Waals surface area (Å²) in [6, 6.07) is 8.49. The number of benzene rings is 2. The van der Waals surface area contributed by atoms with E-state index in [-0.39, 0.29) is 27.7 Å². The van der Waals surface area contributed by atoms with Crippen molar-refractivity contribution in [2.75, 3.05) is 14.2 Å². The van der Waals surface area contributed by atoms with Crippen molar-refractivity contribution < 1.29 is 32.2 Å². The Labute approximate surface area is 174 Å². The second-order valence-corrected chi connectivity index (χ2v) is 6.94. The molecule has 158 valence electrons. The van der Waals surface area contributed by atoms with Gasteiger partial charge in [0, 0.05) is 21.7 Å². The normalized spacial score (nSPS) is 11.6. The summed E-state index contributed by atoms with van der Waals surface area (Å²) in [5, 5.41) is 0.142. The number of methoxy groups -OCH3 is 2. The molecule has 5 nitrogen and oxygen atoms in total. The molecule has 1 heterocycles. The molecule has 1 aromatic heterocycles. The number of fused-ring (bicyclic) bond motifs is 1. The van der Waals surface area contributed by atoms with Gasteiger partial charge in [0.15, 0.2) is 0 Å². The van der Waals surface area contributed by atoms with Crippen LogP contribution in [0.3, 0.4) is 0 Å². The first-order valence-corrected chi connectivity index (χ1v) is 9.13. The molecule has 0 N–H and O–H groups in total. The third kappa shape index (κ3) is 3.75. The summed E-state index contributed by atoms with van der Waals surface area (Å²) in [4.78, 5) is 25.1. The molecule has 0 aliphatic heterocycles. The fourth-order valence-electron chi connectivity index (χ4n) is 3.43. The lowest BCUT2D eigenvalue weighted by Gasteiger charge is -2.14.